The fraction of sp³-hybridized carbons (Fsp3) is 0.393. The number of nitrogens with one attached hydrogen (secondary N) is 2. The molecule has 0 radical (unpaired) electrons. The van der Waals surface area contributed by atoms with Crippen LogP contribution in [0.15, 0.2) is 52.8 Å². The highest BCUT2D eigenvalue weighted by molar-refractivity contribution is 6.05. The molecule has 3 aromatic rings. The lowest BCUT2D eigenvalue weighted by Gasteiger charge is -2.21. The highest BCUT2D eigenvalue weighted by atomic mass is 19.4. The fourth-order valence-electron chi connectivity index (χ4n) is 4.27. The Kier molecular flexibility index (Phi) is 8.64. The van der Waals surface area contributed by atoms with Crippen LogP contribution in [0, 0.1) is 0 Å². The van der Waals surface area contributed by atoms with Gasteiger partial charge in [0.05, 0.1) is 23.1 Å². The summed E-state index contributed by atoms with van der Waals surface area (Å²) in [6, 6.07) is 4.43. The van der Waals surface area contributed by atoms with Gasteiger partial charge < -0.3 is 25.8 Å². The number of aromatic nitrogens is 3. The number of alkyl halides is 3. The average molecular weight is 571 g/mol. The number of halogens is 3. The lowest BCUT2D eigenvalue weighted by atomic mass is 9.93. The molecule has 0 spiro atoms. The van der Waals surface area contributed by atoms with E-state index in [4.69, 9.17) is 10.3 Å². The van der Waals surface area contributed by atoms with Crippen molar-refractivity contribution < 1.29 is 22.5 Å². The first-order valence-corrected chi connectivity index (χ1v) is 13.2. The van der Waals surface area contributed by atoms with Crippen molar-refractivity contribution in [1.29, 1.82) is 0 Å². The number of nitrogens with two attached hydrogens (primary N) is 1. The van der Waals surface area contributed by atoms with Crippen molar-refractivity contribution >= 4 is 34.9 Å². The summed E-state index contributed by atoms with van der Waals surface area (Å²) in [5, 5.41) is 9.23. The predicted molar refractivity (Wildman–Crippen MR) is 152 cm³/mol. The number of hydrogen-bond acceptors (Lipinski definition) is 8. The van der Waals surface area contributed by atoms with E-state index in [2.05, 4.69) is 37.3 Å². The fourth-order valence-corrected chi connectivity index (χ4v) is 4.27. The van der Waals surface area contributed by atoms with Crippen LogP contribution in [0.5, 0.6) is 0 Å². The Morgan fingerprint density at radius 3 is 2.46 bits per heavy atom. The molecule has 4 rings (SSSR count). The smallest absolute Gasteiger partial charge is 0.382 e. The predicted octanol–water partition coefficient (Wildman–Crippen LogP) is 6.01. The van der Waals surface area contributed by atoms with Crippen molar-refractivity contribution in [2.24, 2.45) is 10.7 Å². The summed E-state index contributed by atoms with van der Waals surface area (Å²) >= 11 is 0. The van der Waals surface area contributed by atoms with E-state index in [0.717, 1.165) is 57.0 Å². The minimum absolute atomic E-state index is 0.0813. The number of anilines is 3. The zero-order valence-corrected chi connectivity index (χ0v) is 23.2. The SMILES string of the molecule is C=CNc1cnc(N2CCCCCC2)nc1C(N)=Nc1cc(C(=O)Nc2cc(C(C)(C)C)on2)ccc1C(F)(F)F. The molecular formula is C28H33F3N8O2. The number of hydrogen-bond donors (Lipinski definition) is 3. The zero-order valence-electron chi connectivity index (χ0n) is 23.2. The Labute approximate surface area is 235 Å². The second-order valence-corrected chi connectivity index (χ2v) is 10.7. The summed E-state index contributed by atoms with van der Waals surface area (Å²) in [7, 11) is 0. The maximum absolute atomic E-state index is 13.9. The molecule has 218 valence electrons. The molecule has 0 unspecified atom stereocenters. The summed E-state index contributed by atoms with van der Waals surface area (Å²) in [4.78, 5) is 28.0. The lowest BCUT2D eigenvalue weighted by Crippen LogP contribution is -2.28. The lowest BCUT2D eigenvalue weighted by molar-refractivity contribution is -0.137. The van der Waals surface area contributed by atoms with Crippen LogP contribution in [0.3, 0.4) is 0 Å². The molecule has 3 heterocycles. The van der Waals surface area contributed by atoms with E-state index in [0.29, 0.717) is 17.4 Å². The summed E-state index contributed by atoms with van der Waals surface area (Å²) in [6.45, 7) is 10.9. The highest BCUT2D eigenvalue weighted by Gasteiger charge is 2.34. The summed E-state index contributed by atoms with van der Waals surface area (Å²) in [6.07, 6.45) is 2.26. The van der Waals surface area contributed by atoms with Crippen LogP contribution < -0.4 is 21.3 Å². The molecule has 0 bridgehead atoms. The van der Waals surface area contributed by atoms with E-state index in [1.165, 1.54) is 12.4 Å². The Balaban J connectivity index is 1.71. The second kappa shape index (κ2) is 12.0. The first-order valence-electron chi connectivity index (χ1n) is 13.2. The molecule has 4 N–H and O–H groups in total. The summed E-state index contributed by atoms with van der Waals surface area (Å²) in [5.74, 6) is 0.0865. The number of amidine groups is 1. The molecule has 10 nitrogen and oxygen atoms in total. The van der Waals surface area contributed by atoms with Gasteiger partial charge in [0.25, 0.3) is 5.91 Å². The minimum atomic E-state index is -4.76. The van der Waals surface area contributed by atoms with Gasteiger partial charge in [-0.05, 0) is 37.2 Å². The van der Waals surface area contributed by atoms with E-state index >= 15 is 0 Å². The third-order valence-electron chi connectivity index (χ3n) is 6.46. The maximum Gasteiger partial charge on any atom is 0.418 e. The number of rotatable bonds is 7. The van der Waals surface area contributed by atoms with Crippen molar-refractivity contribution in [1.82, 2.24) is 15.1 Å². The van der Waals surface area contributed by atoms with Crippen LogP contribution in [0.25, 0.3) is 0 Å². The molecule has 2 aromatic heterocycles. The Morgan fingerprint density at radius 1 is 1.15 bits per heavy atom. The number of carbonyl (C=O) groups excluding carboxylic acids is 1. The van der Waals surface area contributed by atoms with Gasteiger partial charge in [-0.25, -0.2) is 15.0 Å². The molecule has 0 saturated carbocycles. The van der Waals surface area contributed by atoms with Crippen LogP contribution in [0.1, 0.15) is 73.8 Å². The quantitative estimate of drug-likeness (QED) is 0.232. The van der Waals surface area contributed by atoms with E-state index in [1.807, 2.05) is 25.7 Å². The normalized spacial score (nSPS) is 14.9. The van der Waals surface area contributed by atoms with Crippen LogP contribution in [-0.2, 0) is 11.6 Å². The van der Waals surface area contributed by atoms with E-state index in [9.17, 15) is 18.0 Å². The van der Waals surface area contributed by atoms with E-state index in [-0.39, 0.29) is 28.3 Å². The molecule has 41 heavy (non-hydrogen) atoms. The third kappa shape index (κ3) is 7.21. The van der Waals surface area contributed by atoms with E-state index in [1.54, 1.807) is 6.07 Å². The summed E-state index contributed by atoms with van der Waals surface area (Å²) in [5.41, 5.74) is 4.67. The highest BCUT2D eigenvalue weighted by Crippen LogP contribution is 2.37. The van der Waals surface area contributed by atoms with Crippen molar-refractivity contribution in [2.45, 2.75) is 58.0 Å². The van der Waals surface area contributed by atoms with Gasteiger partial charge in [0.1, 0.15) is 11.5 Å². The van der Waals surface area contributed by atoms with Gasteiger partial charge in [0.15, 0.2) is 11.7 Å². The third-order valence-corrected chi connectivity index (χ3v) is 6.46. The van der Waals surface area contributed by atoms with Gasteiger partial charge in [0, 0.05) is 30.1 Å². The van der Waals surface area contributed by atoms with Crippen LogP contribution >= 0.6 is 0 Å². The molecule has 1 saturated heterocycles. The van der Waals surface area contributed by atoms with Crippen LogP contribution in [0.4, 0.5) is 36.3 Å². The molecular weight excluding hydrogens is 537 g/mol. The Morgan fingerprint density at radius 2 is 1.85 bits per heavy atom. The number of amides is 1. The van der Waals surface area contributed by atoms with Crippen LogP contribution in [-0.4, -0.2) is 40.0 Å². The molecule has 0 aliphatic carbocycles. The first kappa shape index (κ1) is 29.6. The minimum Gasteiger partial charge on any atom is -0.382 e. The van der Waals surface area contributed by atoms with Gasteiger partial charge >= 0.3 is 6.18 Å². The van der Waals surface area contributed by atoms with Crippen molar-refractivity contribution in [3.8, 4) is 0 Å². The first-order chi connectivity index (χ1) is 19.4. The molecule has 1 aliphatic rings. The van der Waals surface area contributed by atoms with E-state index < -0.39 is 23.3 Å². The molecule has 1 fully saturated rings. The topological polar surface area (TPSA) is 135 Å². The van der Waals surface area contributed by atoms with Crippen molar-refractivity contribution in [3.63, 3.8) is 0 Å². The Hall–Kier alpha value is -4.42. The number of aliphatic imine (C=N–C) groups is 1. The molecule has 13 heteroatoms. The zero-order chi connectivity index (χ0) is 29.8. The molecule has 1 aromatic carbocycles. The van der Waals surface area contributed by atoms with Gasteiger partial charge in [-0.1, -0.05) is 45.3 Å². The van der Waals surface area contributed by atoms with Crippen molar-refractivity contribution in [3.05, 3.63) is 65.8 Å². The standard InChI is InChI=1S/C28H33F3N8O2/c1-5-33-20-16-34-26(39-12-8-6-7-9-13-39)37-23(20)24(32)35-19-14-17(10-11-18(19)28(29,30)31)25(40)36-22-15-21(41-38-22)27(2,3)4/h5,10-11,14-16,33H,1,6-9,12-13H2,2-4H3,(H2,32,35)(H,36,38,40). The molecule has 1 aliphatic heterocycles. The van der Waals surface area contributed by atoms with Gasteiger partial charge in [-0.15, -0.1) is 0 Å². The number of carbonyl (C=O) groups is 1. The van der Waals surface area contributed by atoms with Crippen LogP contribution in [0.2, 0.25) is 0 Å². The monoisotopic (exact) mass is 570 g/mol. The molecule has 1 amide bonds. The largest absolute Gasteiger partial charge is 0.418 e. The van der Waals surface area contributed by atoms with Gasteiger partial charge in [-0.2, -0.15) is 13.2 Å². The van der Waals surface area contributed by atoms with Crippen molar-refractivity contribution in [2.75, 3.05) is 28.6 Å². The average Bonchev–Trinajstić information content (AvgIpc) is 3.22. The maximum atomic E-state index is 13.9. The number of benzene rings is 1. The Bertz CT molecular complexity index is 1430. The number of nitrogens with zero attached hydrogens (tertiary/aromatic N) is 5. The summed E-state index contributed by atoms with van der Waals surface area (Å²) < 4.78 is 47.1. The second-order valence-electron chi connectivity index (χ2n) is 10.7. The molecule has 0 atom stereocenters. The van der Waals surface area contributed by atoms with Gasteiger partial charge in [-0.3, -0.25) is 4.79 Å². The van der Waals surface area contributed by atoms with Gasteiger partial charge in [0.2, 0.25) is 5.95 Å².